The fourth-order valence-corrected chi connectivity index (χ4v) is 8.55. The van der Waals surface area contributed by atoms with Gasteiger partial charge in [-0.3, -0.25) is 0 Å². The van der Waals surface area contributed by atoms with E-state index < -0.39 is 0 Å². The van der Waals surface area contributed by atoms with Gasteiger partial charge >= 0.3 is 0 Å². The van der Waals surface area contributed by atoms with Gasteiger partial charge < -0.3 is 0 Å². The highest BCUT2D eigenvalue weighted by Gasteiger charge is 2.35. The SMILES string of the molecule is CC1(C)c2ccccc2-c2cc(-c3c4ccccc4c(-c4c5ccccc5nc5ccccc45)c4ccc(-c5ccccc5)cc34)ccc21. The van der Waals surface area contributed by atoms with Crippen LogP contribution in [-0.4, -0.2) is 4.98 Å². The van der Waals surface area contributed by atoms with E-state index in [2.05, 4.69) is 178 Å². The third-order valence-corrected chi connectivity index (χ3v) is 10.8. The molecule has 1 aliphatic rings. The van der Waals surface area contributed by atoms with Crippen molar-refractivity contribution in [3.8, 4) is 44.5 Å². The predicted molar refractivity (Wildman–Crippen MR) is 208 cm³/mol. The molecule has 0 spiro atoms. The van der Waals surface area contributed by atoms with Crippen molar-refractivity contribution >= 4 is 43.4 Å². The summed E-state index contributed by atoms with van der Waals surface area (Å²) in [5, 5.41) is 7.35. The summed E-state index contributed by atoms with van der Waals surface area (Å²) < 4.78 is 0. The summed E-state index contributed by atoms with van der Waals surface area (Å²) in [6.07, 6.45) is 0. The van der Waals surface area contributed by atoms with E-state index in [1.165, 1.54) is 88.0 Å². The Kier molecular flexibility index (Phi) is 5.99. The second kappa shape index (κ2) is 10.5. The van der Waals surface area contributed by atoms with Crippen molar-refractivity contribution in [3.63, 3.8) is 0 Å². The first-order valence-electron chi connectivity index (χ1n) is 17.1. The van der Waals surface area contributed by atoms with E-state index in [-0.39, 0.29) is 5.41 Å². The summed E-state index contributed by atoms with van der Waals surface area (Å²) in [5.41, 5.74) is 14.9. The fourth-order valence-electron chi connectivity index (χ4n) is 8.55. The van der Waals surface area contributed by atoms with Gasteiger partial charge in [0.2, 0.25) is 0 Å². The minimum atomic E-state index is -0.0393. The zero-order chi connectivity index (χ0) is 32.7. The molecule has 1 aliphatic carbocycles. The lowest BCUT2D eigenvalue weighted by Crippen LogP contribution is -2.14. The zero-order valence-corrected chi connectivity index (χ0v) is 27.5. The third-order valence-electron chi connectivity index (χ3n) is 10.8. The Morgan fingerprint density at radius 1 is 0.347 bits per heavy atom. The summed E-state index contributed by atoms with van der Waals surface area (Å²) >= 11 is 0. The third kappa shape index (κ3) is 4.09. The van der Waals surface area contributed by atoms with Crippen LogP contribution in [0.2, 0.25) is 0 Å². The molecule has 0 bridgehead atoms. The summed E-state index contributed by atoms with van der Waals surface area (Å²) in [6.45, 7) is 4.71. The second-order valence-electron chi connectivity index (χ2n) is 13.9. The average Bonchev–Trinajstić information content (AvgIpc) is 3.38. The number of nitrogens with zero attached hydrogens (tertiary/aromatic N) is 1. The number of hydrogen-bond donors (Lipinski definition) is 0. The number of para-hydroxylation sites is 2. The average molecular weight is 624 g/mol. The highest BCUT2D eigenvalue weighted by atomic mass is 14.7. The molecule has 8 aromatic carbocycles. The van der Waals surface area contributed by atoms with Crippen LogP contribution in [0.15, 0.2) is 164 Å². The number of fused-ring (bicyclic) bond motifs is 7. The van der Waals surface area contributed by atoms with E-state index in [9.17, 15) is 0 Å². The maximum atomic E-state index is 5.11. The van der Waals surface area contributed by atoms with Crippen molar-refractivity contribution in [3.05, 3.63) is 175 Å². The van der Waals surface area contributed by atoms with Gasteiger partial charge in [-0.1, -0.05) is 153 Å². The molecule has 0 fully saturated rings. The number of rotatable bonds is 3. The van der Waals surface area contributed by atoms with Gasteiger partial charge in [0.1, 0.15) is 0 Å². The zero-order valence-electron chi connectivity index (χ0n) is 27.5. The molecule has 0 amide bonds. The molecule has 0 unspecified atom stereocenters. The lowest BCUT2D eigenvalue weighted by atomic mass is 9.81. The van der Waals surface area contributed by atoms with Gasteiger partial charge in [-0.15, -0.1) is 0 Å². The van der Waals surface area contributed by atoms with Gasteiger partial charge in [0.15, 0.2) is 0 Å². The normalized spacial score (nSPS) is 13.3. The van der Waals surface area contributed by atoms with E-state index in [1.54, 1.807) is 0 Å². The number of hydrogen-bond acceptors (Lipinski definition) is 1. The van der Waals surface area contributed by atoms with E-state index in [0.29, 0.717) is 0 Å². The largest absolute Gasteiger partial charge is 0.248 e. The van der Waals surface area contributed by atoms with Gasteiger partial charge in [0, 0.05) is 21.8 Å². The molecule has 0 aliphatic heterocycles. The minimum Gasteiger partial charge on any atom is -0.248 e. The van der Waals surface area contributed by atoms with Crippen molar-refractivity contribution in [1.29, 1.82) is 0 Å². The van der Waals surface area contributed by atoms with Crippen molar-refractivity contribution in [1.82, 2.24) is 4.98 Å². The van der Waals surface area contributed by atoms with Crippen LogP contribution < -0.4 is 0 Å². The van der Waals surface area contributed by atoms with Gasteiger partial charge in [-0.05, 0) is 95.9 Å². The van der Waals surface area contributed by atoms with Crippen molar-refractivity contribution < 1.29 is 0 Å². The fraction of sp³-hybridized carbons (Fsp3) is 0.0625. The maximum Gasteiger partial charge on any atom is 0.0715 e. The quantitative estimate of drug-likeness (QED) is 0.178. The predicted octanol–water partition coefficient (Wildman–Crippen LogP) is 13.0. The van der Waals surface area contributed by atoms with Crippen molar-refractivity contribution in [2.24, 2.45) is 0 Å². The Labute approximate surface area is 286 Å². The summed E-state index contributed by atoms with van der Waals surface area (Å²) in [7, 11) is 0. The molecule has 1 heteroatoms. The Hall–Kier alpha value is -6.05. The Morgan fingerprint density at radius 3 is 1.61 bits per heavy atom. The van der Waals surface area contributed by atoms with Crippen molar-refractivity contribution in [2.75, 3.05) is 0 Å². The first-order chi connectivity index (χ1) is 24.1. The van der Waals surface area contributed by atoms with E-state index >= 15 is 0 Å². The van der Waals surface area contributed by atoms with Crippen molar-refractivity contribution in [2.45, 2.75) is 19.3 Å². The minimum absolute atomic E-state index is 0.0393. The van der Waals surface area contributed by atoms with Crippen LogP contribution in [0.25, 0.3) is 87.9 Å². The second-order valence-corrected chi connectivity index (χ2v) is 13.9. The molecule has 49 heavy (non-hydrogen) atoms. The first-order valence-corrected chi connectivity index (χ1v) is 17.1. The molecule has 0 saturated heterocycles. The smallest absolute Gasteiger partial charge is 0.0715 e. The Balaban J connectivity index is 1.37. The van der Waals surface area contributed by atoms with Crippen LogP contribution in [-0.2, 0) is 5.41 Å². The van der Waals surface area contributed by atoms with E-state index in [0.717, 1.165) is 11.0 Å². The van der Waals surface area contributed by atoms with Crippen LogP contribution in [0.3, 0.4) is 0 Å². The van der Waals surface area contributed by atoms with Crippen LogP contribution in [0.4, 0.5) is 0 Å². The molecule has 0 radical (unpaired) electrons. The maximum absolute atomic E-state index is 5.11. The molecule has 9 aromatic rings. The lowest BCUT2D eigenvalue weighted by molar-refractivity contribution is 0.660. The first kappa shape index (κ1) is 28.0. The monoisotopic (exact) mass is 623 g/mol. The highest BCUT2D eigenvalue weighted by molar-refractivity contribution is 6.27. The molecular formula is C48H33N. The van der Waals surface area contributed by atoms with Gasteiger partial charge in [0.25, 0.3) is 0 Å². The number of aromatic nitrogens is 1. The lowest BCUT2D eigenvalue weighted by Gasteiger charge is -2.22. The summed E-state index contributed by atoms with van der Waals surface area (Å²) in [5.74, 6) is 0. The van der Waals surface area contributed by atoms with Gasteiger partial charge in [0.05, 0.1) is 11.0 Å². The number of pyridine rings is 1. The molecule has 0 atom stereocenters. The Bertz CT molecular complexity index is 2730. The van der Waals surface area contributed by atoms with E-state index in [1.807, 2.05) is 0 Å². The molecule has 0 N–H and O–H groups in total. The summed E-state index contributed by atoms with van der Waals surface area (Å²) in [6, 6.07) is 60.2. The molecule has 1 heterocycles. The molecule has 1 nitrogen and oxygen atoms in total. The van der Waals surface area contributed by atoms with Crippen LogP contribution in [0.1, 0.15) is 25.0 Å². The van der Waals surface area contributed by atoms with Crippen LogP contribution in [0.5, 0.6) is 0 Å². The van der Waals surface area contributed by atoms with E-state index in [4.69, 9.17) is 4.98 Å². The van der Waals surface area contributed by atoms with Crippen LogP contribution in [0, 0.1) is 0 Å². The molecular weight excluding hydrogens is 591 g/mol. The van der Waals surface area contributed by atoms with Gasteiger partial charge in [-0.25, -0.2) is 4.98 Å². The number of benzene rings is 8. The topological polar surface area (TPSA) is 12.9 Å². The summed E-state index contributed by atoms with van der Waals surface area (Å²) in [4.78, 5) is 5.11. The molecule has 230 valence electrons. The molecule has 0 saturated carbocycles. The van der Waals surface area contributed by atoms with Gasteiger partial charge in [-0.2, -0.15) is 0 Å². The molecule has 10 rings (SSSR count). The Morgan fingerprint density at radius 2 is 0.878 bits per heavy atom. The molecule has 1 aromatic heterocycles. The van der Waals surface area contributed by atoms with Crippen LogP contribution >= 0.6 is 0 Å². The standard InChI is InChI=1S/C48H33N/c1-48(2)41-21-11-8-16-33(41)39-29-32(25-27-42(39)48)45-34-17-6-7-18-35(34)46(36-26-24-31(28-40(36)45)30-14-4-3-5-15-30)47-37-19-9-12-22-43(37)49-44-23-13-10-20-38(44)47/h3-29H,1-2H3. The highest BCUT2D eigenvalue weighted by Crippen LogP contribution is 2.52.